The second-order valence-corrected chi connectivity index (χ2v) is 13.3. The summed E-state index contributed by atoms with van der Waals surface area (Å²) in [5.41, 5.74) is 3.19. The fourth-order valence-corrected chi connectivity index (χ4v) is 6.49. The number of aromatic nitrogens is 6. The van der Waals surface area contributed by atoms with Gasteiger partial charge in [-0.25, -0.2) is 24.1 Å². The molecule has 0 unspecified atom stereocenters. The van der Waals surface area contributed by atoms with E-state index in [9.17, 15) is 9.59 Å². The van der Waals surface area contributed by atoms with Gasteiger partial charge >= 0.3 is 12.1 Å². The summed E-state index contributed by atoms with van der Waals surface area (Å²) in [4.78, 5) is 48.0. The molecule has 4 aromatic heterocycles. The molecule has 2 saturated heterocycles. The van der Waals surface area contributed by atoms with Crippen LogP contribution in [0.4, 0.5) is 9.59 Å². The summed E-state index contributed by atoms with van der Waals surface area (Å²) in [6.45, 7) is 13.9. The van der Waals surface area contributed by atoms with Crippen molar-refractivity contribution < 1.29 is 14.3 Å². The number of benzene rings is 1. The van der Waals surface area contributed by atoms with Gasteiger partial charge in [0.05, 0.1) is 11.4 Å². The highest BCUT2D eigenvalue weighted by Gasteiger charge is 2.26. The van der Waals surface area contributed by atoms with Crippen molar-refractivity contribution >= 4 is 12.1 Å². The molecule has 0 bridgehead atoms. The molecule has 53 heavy (non-hydrogen) atoms. The Labute approximate surface area is 313 Å². The molecule has 12 heteroatoms. The average molecular weight is 720 g/mol. The standard InChI is InChI=1S/C17H23N5O.C15H11N3O2.C9H19N/c1-3-21-9-6-15(7-10-21)20(2)17(23)22-12-16(19-13-22)14-5-4-8-18-11-14;19-15(20-13-6-2-1-3-7-13)18-10-14(17-11-18)12-5-4-8-16-9-12;1-3-9-5-7-10(4-2)8-6-9/h4-5,8,11-13,15H,3,6-7,9-10H2,1-2H3;1-11H;9H,3-8H2,1-2H3. The third-order valence-electron chi connectivity index (χ3n) is 10.0. The third kappa shape index (κ3) is 11.4. The first-order valence-electron chi connectivity index (χ1n) is 18.8. The largest absolute Gasteiger partial charge is 0.424 e. The van der Waals surface area contributed by atoms with Gasteiger partial charge in [-0.3, -0.25) is 14.5 Å². The van der Waals surface area contributed by atoms with E-state index < -0.39 is 6.09 Å². The Bertz CT molecular complexity index is 1790. The molecule has 1 amide bonds. The number of carbonyl (C=O) groups excluding carboxylic acids is 2. The number of pyridine rings is 2. The van der Waals surface area contributed by atoms with Crippen LogP contribution in [0.25, 0.3) is 22.5 Å². The van der Waals surface area contributed by atoms with Gasteiger partial charge in [-0.1, -0.05) is 45.4 Å². The van der Waals surface area contributed by atoms with Crippen LogP contribution in [0.15, 0.2) is 104 Å². The van der Waals surface area contributed by atoms with E-state index in [2.05, 4.69) is 50.5 Å². The van der Waals surface area contributed by atoms with E-state index in [0.29, 0.717) is 17.5 Å². The van der Waals surface area contributed by atoms with Crippen LogP contribution in [0.5, 0.6) is 5.75 Å². The summed E-state index contributed by atoms with van der Waals surface area (Å²) < 4.78 is 8.08. The van der Waals surface area contributed by atoms with Crippen LogP contribution in [0.1, 0.15) is 52.9 Å². The number of para-hydroxylation sites is 1. The second-order valence-electron chi connectivity index (χ2n) is 13.3. The van der Waals surface area contributed by atoms with Crippen LogP contribution >= 0.6 is 0 Å². The van der Waals surface area contributed by atoms with Gasteiger partial charge in [-0.15, -0.1) is 0 Å². The van der Waals surface area contributed by atoms with Crippen molar-refractivity contribution in [2.24, 2.45) is 5.92 Å². The molecule has 6 heterocycles. The highest BCUT2D eigenvalue weighted by Crippen LogP contribution is 2.20. The lowest BCUT2D eigenvalue weighted by Crippen LogP contribution is -2.46. The third-order valence-corrected chi connectivity index (χ3v) is 10.0. The average Bonchev–Trinajstić information content (AvgIpc) is 3.94. The summed E-state index contributed by atoms with van der Waals surface area (Å²) in [7, 11) is 1.89. The number of ether oxygens (including phenoxy) is 1. The van der Waals surface area contributed by atoms with E-state index >= 15 is 0 Å². The molecule has 5 aromatic rings. The smallest absolute Gasteiger partial charge is 0.410 e. The highest BCUT2D eigenvalue weighted by molar-refractivity contribution is 5.78. The molecule has 0 aliphatic carbocycles. The zero-order chi connectivity index (χ0) is 37.4. The quantitative estimate of drug-likeness (QED) is 0.169. The second kappa shape index (κ2) is 20.1. The van der Waals surface area contributed by atoms with Gasteiger partial charge in [0.25, 0.3) is 0 Å². The van der Waals surface area contributed by atoms with Crippen molar-refractivity contribution in [3.63, 3.8) is 0 Å². The maximum Gasteiger partial charge on any atom is 0.424 e. The molecule has 0 N–H and O–H groups in total. The Morgan fingerprint density at radius 1 is 0.717 bits per heavy atom. The Morgan fingerprint density at radius 3 is 1.75 bits per heavy atom. The summed E-state index contributed by atoms with van der Waals surface area (Å²) in [5.74, 6) is 1.52. The van der Waals surface area contributed by atoms with E-state index in [1.54, 1.807) is 72.3 Å². The number of likely N-dealkylation sites (tertiary alicyclic amines) is 2. The highest BCUT2D eigenvalue weighted by atomic mass is 16.6. The van der Waals surface area contributed by atoms with Crippen LogP contribution in [0, 0.1) is 5.92 Å². The maximum atomic E-state index is 12.7. The number of piperidine rings is 2. The number of imidazole rings is 2. The molecule has 1 aromatic carbocycles. The van der Waals surface area contributed by atoms with Crippen LogP contribution < -0.4 is 4.74 Å². The molecule has 0 atom stereocenters. The lowest BCUT2D eigenvalue weighted by Gasteiger charge is -2.36. The van der Waals surface area contributed by atoms with Crippen LogP contribution in [0.2, 0.25) is 0 Å². The van der Waals surface area contributed by atoms with Crippen LogP contribution in [0.3, 0.4) is 0 Å². The van der Waals surface area contributed by atoms with Gasteiger partial charge in [0, 0.05) is 74.5 Å². The fraction of sp³-hybridized carbons (Fsp3) is 0.415. The predicted molar refractivity (Wildman–Crippen MR) is 208 cm³/mol. The van der Waals surface area contributed by atoms with Crippen molar-refractivity contribution in [3.05, 3.63) is 104 Å². The molecule has 0 spiro atoms. The lowest BCUT2D eigenvalue weighted by molar-refractivity contribution is 0.139. The first-order chi connectivity index (χ1) is 25.9. The van der Waals surface area contributed by atoms with Gasteiger partial charge < -0.3 is 19.4 Å². The molecular formula is C41H53N9O3. The number of amides is 1. The first-order valence-corrected chi connectivity index (χ1v) is 18.8. The molecule has 0 saturated carbocycles. The molecule has 2 aliphatic heterocycles. The van der Waals surface area contributed by atoms with Crippen molar-refractivity contribution in [1.82, 2.24) is 43.8 Å². The maximum absolute atomic E-state index is 12.7. The molecule has 7 rings (SSSR count). The minimum absolute atomic E-state index is 0.0254. The minimum atomic E-state index is -0.501. The SMILES string of the molecule is CCC1CCN(CC)CC1.CCN1CCC(N(C)C(=O)n2cnc(-c3cccnc3)c2)CC1.O=C(Oc1ccccc1)n1cnc(-c2cccnc2)c1. The molecule has 0 radical (unpaired) electrons. The molecule has 2 aliphatic rings. The zero-order valence-corrected chi connectivity index (χ0v) is 31.5. The van der Waals surface area contributed by atoms with Crippen molar-refractivity contribution in [1.29, 1.82) is 0 Å². The normalized spacial score (nSPS) is 15.4. The summed E-state index contributed by atoms with van der Waals surface area (Å²) in [5, 5.41) is 0. The van der Waals surface area contributed by atoms with Gasteiger partial charge in [-0.2, -0.15) is 0 Å². The minimum Gasteiger partial charge on any atom is -0.410 e. The van der Waals surface area contributed by atoms with E-state index in [1.807, 2.05) is 42.3 Å². The lowest BCUT2D eigenvalue weighted by atomic mass is 9.95. The molecule has 12 nitrogen and oxygen atoms in total. The van der Waals surface area contributed by atoms with E-state index in [1.165, 1.54) is 49.8 Å². The number of nitrogens with zero attached hydrogens (tertiary/aromatic N) is 9. The number of carbonyl (C=O) groups is 2. The van der Waals surface area contributed by atoms with Gasteiger partial charge in [0.15, 0.2) is 0 Å². The van der Waals surface area contributed by atoms with Crippen molar-refractivity contribution in [3.8, 4) is 28.3 Å². The Kier molecular flexibility index (Phi) is 14.8. The van der Waals surface area contributed by atoms with Crippen molar-refractivity contribution in [2.75, 3.05) is 46.3 Å². The molecule has 2 fully saturated rings. The Hall–Kier alpha value is -5.20. The Balaban J connectivity index is 0.000000165. The number of rotatable bonds is 7. The fourth-order valence-electron chi connectivity index (χ4n) is 6.49. The van der Waals surface area contributed by atoms with E-state index in [4.69, 9.17) is 4.74 Å². The molecular weight excluding hydrogens is 667 g/mol. The first kappa shape index (κ1) is 39.0. The van der Waals surface area contributed by atoms with Crippen LogP contribution in [-0.2, 0) is 0 Å². The summed E-state index contributed by atoms with van der Waals surface area (Å²) in [6, 6.07) is 16.7. The van der Waals surface area contributed by atoms with Gasteiger partial charge in [0.2, 0.25) is 0 Å². The summed E-state index contributed by atoms with van der Waals surface area (Å²) >= 11 is 0. The monoisotopic (exact) mass is 719 g/mol. The van der Waals surface area contributed by atoms with Crippen molar-refractivity contribution in [2.45, 2.75) is 58.9 Å². The van der Waals surface area contributed by atoms with Gasteiger partial charge in [-0.05, 0) is 94.2 Å². The van der Waals surface area contributed by atoms with E-state index in [-0.39, 0.29) is 6.03 Å². The topological polar surface area (TPSA) is 115 Å². The zero-order valence-electron chi connectivity index (χ0n) is 31.5. The number of hydrogen-bond donors (Lipinski definition) is 0. The predicted octanol–water partition coefficient (Wildman–Crippen LogP) is 7.45. The number of hydrogen-bond acceptors (Lipinski definition) is 9. The van der Waals surface area contributed by atoms with Gasteiger partial charge in [0.1, 0.15) is 18.4 Å². The van der Waals surface area contributed by atoms with Crippen LogP contribution in [-0.4, -0.2) is 108 Å². The molecule has 280 valence electrons. The van der Waals surface area contributed by atoms with E-state index in [0.717, 1.165) is 55.2 Å². The summed E-state index contributed by atoms with van der Waals surface area (Å²) in [6.07, 6.45) is 19.1. The Morgan fingerprint density at radius 2 is 1.25 bits per heavy atom.